The first-order valence-corrected chi connectivity index (χ1v) is 12.6. The summed E-state index contributed by atoms with van der Waals surface area (Å²) in [7, 11) is -1.29. The number of hydrogen-bond acceptors (Lipinski definition) is 5. The fraction of sp³-hybridized carbons (Fsp3) is 0.231. The van der Waals surface area contributed by atoms with Crippen LogP contribution in [-0.2, 0) is 26.2 Å². The van der Waals surface area contributed by atoms with Crippen LogP contribution in [0.1, 0.15) is 12.5 Å². The number of nitrogens with one attached hydrogen (secondary N) is 1. The quantitative estimate of drug-likeness (QED) is 0.449. The molecule has 1 N–H and O–H groups in total. The van der Waals surface area contributed by atoms with Gasteiger partial charge in [-0.25, -0.2) is 12.8 Å². The summed E-state index contributed by atoms with van der Waals surface area (Å²) in [4.78, 5) is 27.1. The second-order valence-corrected chi connectivity index (χ2v) is 9.79. The van der Waals surface area contributed by atoms with Crippen LogP contribution in [0.3, 0.4) is 0 Å². The van der Waals surface area contributed by atoms with Gasteiger partial charge in [-0.15, -0.1) is 0 Å². The molecule has 0 aliphatic rings. The van der Waals surface area contributed by atoms with Gasteiger partial charge in [0.1, 0.15) is 24.2 Å². The van der Waals surface area contributed by atoms with Gasteiger partial charge in [-0.2, -0.15) is 0 Å². The largest absolute Gasteiger partial charge is 0.497 e. The summed E-state index contributed by atoms with van der Waals surface area (Å²) in [6.07, 6.45) is 0. The van der Waals surface area contributed by atoms with Crippen molar-refractivity contribution in [2.75, 3.05) is 25.0 Å². The lowest BCUT2D eigenvalue weighted by Crippen LogP contribution is -2.50. The number of halogens is 1. The van der Waals surface area contributed by atoms with Crippen LogP contribution in [0.4, 0.5) is 10.1 Å². The van der Waals surface area contributed by atoms with E-state index in [4.69, 9.17) is 4.74 Å². The van der Waals surface area contributed by atoms with Crippen LogP contribution < -0.4 is 14.4 Å². The number of carbonyl (C=O) groups excluding carboxylic acids is 2. The van der Waals surface area contributed by atoms with Crippen molar-refractivity contribution in [3.63, 3.8) is 0 Å². The lowest BCUT2D eigenvalue weighted by molar-refractivity contribution is -0.139. The predicted molar refractivity (Wildman–Crippen MR) is 134 cm³/mol. The molecule has 0 aliphatic carbocycles. The number of anilines is 1. The maximum Gasteiger partial charge on any atom is 0.264 e. The van der Waals surface area contributed by atoms with Gasteiger partial charge in [0.05, 0.1) is 17.7 Å². The van der Waals surface area contributed by atoms with Gasteiger partial charge in [0.25, 0.3) is 10.0 Å². The number of amides is 2. The van der Waals surface area contributed by atoms with Crippen molar-refractivity contribution in [3.05, 3.63) is 90.2 Å². The fourth-order valence-corrected chi connectivity index (χ4v) is 5.01. The number of benzene rings is 3. The second kappa shape index (κ2) is 11.7. The highest BCUT2D eigenvalue weighted by molar-refractivity contribution is 7.92. The molecule has 0 aliphatic heterocycles. The lowest BCUT2D eigenvalue weighted by Gasteiger charge is -2.31. The highest BCUT2D eigenvalue weighted by Crippen LogP contribution is 2.26. The molecule has 0 saturated heterocycles. The molecular formula is C26H28FN3O5S. The zero-order valence-corrected chi connectivity index (χ0v) is 21.0. The van der Waals surface area contributed by atoms with E-state index in [9.17, 15) is 22.4 Å². The van der Waals surface area contributed by atoms with Crippen LogP contribution in [0, 0.1) is 5.82 Å². The van der Waals surface area contributed by atoms with E-state index >= 15 is 0 Å². The molecular weight excluding hydrogens is 485 g/mol. The molecule has 0 spiro atoms. The molecule has 0 unspecified atom stereocenters. The molecule has 8 nitrogen and oxygen atoms in total. The molecule has 0 aromatic heterocycles. The third-order valence-electron chi connectivity index (χ3n) is 5.68. The maximum absolute atomic E-state index is 14.4. The Kier molecular flexibility index (Phi) is 8.65. The molecule has 1 atom stereocenters. The molecule has 0 radical (unpaired) electrons. The lowest BCUT2D eigenvalue weighted by atomic mass is 10.1. The van der Waals surface area contributed by atoms with Gasteiger partial charge in [-0.3, -0.25) is 13.9 Å². The maximum atomic E-state index is 14.4. The number of methoxy groups -OCH3 is 1. The number of hydrogen-bond donors (Lipinski definition) is 1. The highest BCUT2D eigenvalue weighted by atomic mass is 32.2. The third kappa shape index (κ3) is 6.01. The Morgan fingerprint density at radius 3 is 2.17 bits per heavy atom. The smallest absolute Gasteiger partial charge is 0.264 e. The van der Waals surface area contributed by atoms with Crippen LogP contribution in [-0.4, -0.2) is 51.9 Å². The van der Waals surface area contributed by atoms with Crippen molar-refractivity contribution in [3.8, 4) is 5.75 Å². The average Bonchev–Trinajstić information content (AvgIpc) is 2.90. The summed E-state index contributed by atoms with van der Waals surface area (Å²) in [6, 6.07) is 18.9. The predicted octanol–water partition coefficient (Wildman–Crippen LogP) is 3.19. The van der Waals surface area contributed by atoms with Crippen molar-refractivity contribution in [1.29, 1.82) is 0 Å². The molecule has 0 bridgehead atoms. The van der Waals surface area contributed by atoms with Gasteiger partial charge >= 0.3 is 0 Å². The SMILES string of the molecule is CNC(=O)[C@@H](C)N(Cc1ccccc1F)C(=O)CN(c1ccccc1)S(=O)(=O)c1ccc(OC)cc1. The van der Waals surface area contributed by atoms with E-state index in [-0.39, 0.29) is 22.7 Å². The Bertz CT molecular complexity index is 1300. The second-order valence-electron chi connectivity index (χ2n) is 7.93. The van der Waals surface area contributed by atoms with E-state index in [2.05, 4.69) is 5.32 Å². The zero-order chi connectivity index (χ0) is 26.3. The number of carbonyl (C=O) groups is 2. The number of nitrogens with zero attached hydrogens (tertiary/aromatic N) is 2. The van der Waals surface area contributed by atoms with Crippen LogP contribution in [0.5, 0.6) is 5.75 Å². The Labute approximate surface area is 210 Å². The first kappa shape index (κ1) is 26.7. The summed E-state index contributed by atoms with van der Waals surface area (Å²) < 4.78 is 47.8. The Morgan fingerprint density at radius 1 is 0.972 bits per heavy atom. The number of rotatable bonds is 10. The van der Waals surface area contributed by atoms with E-state index in [1.807, 2.05) is 0 Å². The van der Waals surface area contributed by atoms with Crippen molar-refractivity contribution >= 4 is 27.5 Å². The minimum Gasteiger partial charge on any atom is -0.497 e. The van der Waals surface area contributed by atoms with Crippen LogP contribution in [0.25, 0.3) is 0 Å². The number of ether oxygens (including phenoxy) is 1. The topological polar surface area (TPSA) is 96.0 Å². The summed E-state index contributed by atoms with van der Waals surface area (Å²) in [5.41, 5.74) is 0.464. The third-order valence-corrected chi connectivity index (χ3v) is 7.47. The van der Waals surface area contributed by atoms with Gasteiger partial charge in [0, 0.05) is 19.2 Å². The van der Waals surface area contributed by atoms with Crippen LogP contribution in [0.2, 0.25) is 0 Å². The molecule has 36 heavy (non-hydrogen) atoms. The normalized spacial score (nSPS) is 11.9. The summed E-state index contributed by atoms with van der Waals surface area (Å²) in [5.74, 6) is -1.20. The van der Waals surface area contributed by atoms with Gasteiger partial charge in [-0.1, -0.05) is 36.4 Å². The van der Waals surface area contributed by atoms with Gasteiger partial charge in [-0.05, 0) is 49.4 Å². The monoisotopic (exact) mass is 513 g/mol. The minimum absolute atomic E-state index is 0.0417. The van der Waals surface area contributed by atoms with Crippen LogP contribution in [0.15, 0.2) is 83.8 Å². The molecule has 0 heterocycles. The number of likely N-dealkylation sites (N-methyl/N-ethyl adjacent to an activating group) is 1. The first-order valence-electron chi connectivity index (χ1n) is 11.2. The number of para-hydroxylation sites is 1. The minimum atomic E-state index is -4.18. The molecule has 0 fully saturated rings. The van der Waals surface area contributed by atoms with Gasteiger partial charge < -0.3 is 15.0 Å². The van der Waals surface area contributed by atoms with E-state index < -0.39 is 40.2 Å². The fourth-order valence-electron chi connectivity index (χ4n) is 3.60. The molecule has 0 saturated carbocycles. The standard InChI is InChI=1S/C26H28FN3O5S/c1-19(26(32)28-2)29(17-20-9-7-8-12-24(20)27)25(31)18-30(21-10-5-4-6-11-21)36(33,34)23-15-13-22(35-3)14-16-23/h4-16,19H,17-18H2,1-3H3,(H,28,32)/t19-/m1/s1. The summed E-state index contributed by atoms with van der Waals surface area (Å²) in [5, 5.41) is 2.48. The van der Waals surface area contributed by atoms with Crippen molar-refractivity contribution in [2.24, 2.45) is 0 Å². The average molecular weight is 514 g/mol. The first-order chi connectivity index (χ1) is 17.2. The Balaban J connectivity index is 2.01. The molecule has 3 aromatic carbocycles. The molecule has 3 rings (SSSR count). The molecule has 3 aromatic rings. The van der Waals surface area contributed by atoms with E-state index in [1.54, 1.807) is 36.4 Å². The van der Waals surface area contributed by atoms with E-state index in [0.717, 1.165) is 9.21 Å². The van der Waals surface area contributed by atoms with E-state index in [1.165, 1.54) is 63.5 Å². The Morgan fingerprint density at radius 2 is 1.58 bits per heavy atom. The summed E-state index contributed by atoms with van der Waals surface area (Å²) >= 11 is 0. The van der Waals surface area contributed by atoms with Gasteiger partial charge in [0.2, 0.25) is 11.8 Å². The highest BCUT2D eigenvalue weighted by Gasteiger charge is 2.32. The molecule has 190 valence electrons. The van der Waals surface area contributed by atoms with Crippen molar-refractivity contribution < 1.29 is 27.1 Å². The van der Waals surface area contributed by atoms with E-state index in [0.29, 0.717) is 5.75 Å². The zero-order valence-electron chi connectivity index (χ0n) is 20.2. The van der Waals surface area contributed by atoms with Gasteiger partial charge in [0.15, 0.2) is 0 Å². The van der Waals surface area contributed by atoms with Crippen molar-refractivity contribution in [1.82, 2.24) is 10.2 Å². The molecule has 10 heteroatoms. The van der Waals surface area contributed by atoms with Crippen molar-refractivity contribution in [2.45, 2.75) is 24.4 Å². The van der Waals surface area contributed by atoms with Crippen LogP contribution >= 0.6 is 0 Å². The summed E-state index contributed by atoms with van der Waals surface area (Å²) in [6.45, 7) is 0.682. The Hall–Kier alpha value is -3.92. The molecule has 2 amide bonds. The number of sulfonamides is 1.